The lowest BCUT2D eigenvalue weighted by Crippen LogP contribution is -2.35. The van der Waals surface area contributed by atoms with Gasteiger partial charge in [-0.1, -0.05) is 24.6 Å². The lowest BCUT2D eigenvalue weighted by atomic mass is 10.0. The molecule has 1 aliphatic heterocycles. The van der Waals surface area contributed by atoms with E-state index >= 15 is 0 Å². The molecule has 1 atom stereocenters. The summed E-state index contributed by atoms with van der Waals surface area (Å²) < 4.78 is 0. The largest absolute Gasteiger partial charge is 0.341 e. The molecule has 25 heavy (non-hydrogen) atoms. The van der Waals surface area contributed by atoms with Crippen molar-refractivity contribution < 1.29 is 4.79 Å². The third-order valence-electron chi connectivity index (χ3n) is 4.76. The second-order valence-electron chi connectivity index (χ2n) is 7.19. The molecule has 1 amide bonds. The Balaban J connectivity index is 1.73. The van der Waals surface area contributed by atoms with Gasteiger partial charge in [-0.05, 0) is 50.7 Å². The molecular weight excluding hydrogens is 312 g/mol. The minimum absolute atomic E-state index is 0.173. The number of aryl methyl sites for hydroxylation is 3. The first-order valence-corrected chi connectivity index (χ1v) is 8.90. The fourth-order valence-corrected chi connectivity index (χ4v) is 3.54. The van der Waals surface area contributed by atoms with Crippen LogP contribution >= 0.6 is 0 Å². The van der Waals surface area contributed by atoms with E-state index in [9.17, 15) is 4.79 Å². The van der Waals surface area contributed by atoms with Gasteiger partial charge in [0.25, 0.3) is 5.91 Å². The van der Waals surface area contributed by atoms with Crippen molar-refractivity contribution in [2.24, 2.45) is 5.92 Å². The molecule has 1 N–H and O–H groups in total. The number of carbonyl (C=O) groups excluding carboxylic acids is 1. The lowest BCUT2D eigenvalue weighted by molar-refractivity contribution is 0.102. The number of nitrogens with one attached hydrogen (secondary N) is 1. The summed E-state index contributed by atoms with van der Waals surface area (Å²) in [6, 6.07) is 4.14. The molecule has 0 bridgehead atoms. The maximum atomic E-state index is 12.5. The summed E-state index contributed by atoms with van der Waals surface area (Å²) in [7, 11) is 0. The van der Waals surface area contributed by atoms with Gasteiger partial charge in [-0.15, -0.1) is 0 Å². The quantitative estimate of drug-likeness (QED) is 0.922. The predicted octanol–water partition coefficient (Wildman–Crippen LogP) is 3.89. The van der Waals surface area contributed by atoms with E-state index in [1.165, 1.54) is 18.4 Å². The Morgan fingerprint density at radius 1 is 1.16 bits per heavy atom. The number of hydrogen-bond donors (Lipinski definition) is 1. The third kappa shape index (κ3) is 3.98. The molecule has 5 heteroatoms. The number of rotatable bonds is 3. The summed E-state index contributed by atoms with van der Waals surface area (Å²) in [4.78, 5) is 23.6. The van der Waals surface area contributed by atoms with Crippen LogP contribution in [0.2, 0.25) is 0 Å². The molecule has 132 valence electrons. The number of aromatic nitrogens is 2. The smallest absolute Gasteiger partial charge is 0.258 e. The highest BCUT2D eigenvalue weighted by Crippen LogP contribution is 2.23. The first-order chi connectivity index (χ1) is 11.9. The van der Waals surface area contributed by atoms with Gasteiger partial charge in [-0.3, -0.25) is 4.79 Å². The van der Waals surface area contributed by atoms with E-state index in [-0.39, 0.29) is 5.91 Å². The Hall–Kier alpha value is -2.43. The Kier molecular flexibility index (Phi) is 5.02. The van der Waals surface area contributed by atoms with Gasteiger partial charge < -0.3 is 10.2 Å². The highest BCUT2D eigenvalue weighted by atomic mass is 16.1. The summed E-state index contributed by atoms with van der Waals surface area (Å²) in [6.45, 7) is 10.3. The van der Waals surface area contributed by atoms with Crippen LogP contribution in [-0.2, 0) is 0 Å². The van der Waals surface area contributed by atoms with Crippen molar-refractivity contribution in [1.82, 2.24) is 9.97 Å². The van der Waals surface area contributed by atoms with Crippen LogP contribution in [-0.4, -0.2) is 29.0 Å². The van der Waals surface area contributed by atoms with Crippen LogP contribution in [0.25, 0.3) is 0 Å². The van der Waals surface area contributed by atoms with Crippen molar-refractivity contribution in [2.75, 3.05) is 23.3 Å². The Morgan fingerprint density at radius 3 is 2.40 bits per heavy atom. The molecule has 1 aromatic heterocycles. The molecule has 5 nitrogen and oxygen atoms in total. The first kappa shape index (κ1) is 17.4. The van der Waals surface area contributed by atoms with Crippen molar-refractivity contribution in [3.63, 3.8) is 0 Å². The normalized spacial score (nSPS) is 17.4. The first-order valence-electron chi connectivity index (χ1n) is 8.90. The minimum Gasteiger partial charge on any atom is -0.341 e. The van der Waals surface area contributed by atoms with Crippen LogP contribution in [0.5, 0.6) is 0 Å². The number of anilines is 2. The van der Waals surface area contributed by atoms with Crippen molar-refractivity contribution in [3.8, 4) is 0 Å². The summed E-state index contributed by atoms with van der Waals surface area (Å²) in [6.07, 6.45) is 5.66. The van der Waals surface area contributed by atoms with Crippen LogP contribution in [0.15, 0.2) is 24.5 Å². The molecule has 1 saturated heterocycles. The second-order valence-corrected chi connectivity index (χ2v) is 7.19. The van der Waals surface area contributed by atoms with E-state index in [1.54, 1.807) is 12.4 Å². The minimum atomic E-state index is -0.173. The number of carbonyl (C=O) groups is 1. The Morgan fingerprint density at radius 2 is 1.80 bits per heavy atom. The van der Waals surface area contributed by atoms with Crippen molar-refractivity contribution in [3.05, 3.63) is 46.8 Å². The topological polar surface area (TPSA) is 58.1 Å². The van der Waals surface area contributed by atoms with E-state index in [0.29, 0.717) is 17.4 Å². The average molecular weight is 338 g/mol. The zero-order valence-corrected chi connectivity index (χ0v) is 15.5. The van der Waals surface area contributed by atoms with Crippen LogP contribution in [0.4, 0.5) is 11.6 Å². The zero-order valence-electron chi connectivity index (χ0n) is 15.5. The number of amides is 1. The van der Waals surface area contributed by atoms with Gasteiger partial charge in [-0.25, -0.2) is 9.97 Å². The highest BCUT2D eigenvalue weighted by Gasteiger charge is 2.19. The van der Waals surface area contributed by atoms with E-state index in [1.807, 2.05) is 13.8 Å². The second kappa shape index (κ2) is 7.21. The van der Waals surface area contributed by atoms with Crippen LogP contribution in [0.3, 0.4) is 0 Å². The maximum Gasteiger partial charge on any atom is 0.258 e. The van der Waals surface area contributed by atoms with Gasteiger partial charge in [-0.2, -0.15) is 0 Å². The fraction of sp³-hybridized carbons (Fsp3) is 0.450. The van der Waals surface area contributed by atoms with Crippen molar-refractivity contribution in [2.45, 2.75) is 40.5 Å². The fourth-order valence-electron chi connectivity index (χ4n) is 3.54. The summed E-state index contributed by atoms with van der Waals surface area (Å²) in [5.41, 5.74) is 4.66. The van der Waals surface area contributed by atoms with Gasteiger partial charge in [0, 0.05) is 31.2 Å². The maximum absolute atomic E-state index is 12.5. The van der Waals surface area contributed by atoms with Gasteiger partial charge >= 0.3 is 0 Å². The van der Waals surface area contributed by atoms with Crippen LogP contribution < -0.4 is 10.2 Å². The summed E-state index contributed by atoms with van der Waals surface area (Å²) in [5.74, 6) is 1.20. The molecule has 3 rings (SSSR count). The molecular formula is C20H26N4O. The molecule has 2 aromatic rings. The number of nitrogens with zero attached hydrogens (tertiary/aromatic N) is 3. The molecule has 1 aliphatic rings. The molecule has 1 fully saturated rings. The van der Waals surface area contributed by atoms with E-state index in [2.05, 4.69) is 46.2 Å². The number of piperidine rings is 1. The third-order valence-corrected chi connectivity index (χ3v) is 4.76. The van der Waals surface area contributed by atoms with Gasteiger partial charge in [0.1, 0.15) is 0 Å². The lowest BCUT2D eigenvalue weighted by Gasteiger charge is -2.30. The molecule has 0 aliphatic carbocycles. The standard InChI is InChI=1S/C20H26N4O/c1-13-6-5-7-24(12-13)20-21-10-17(11-22-20)19(25)23-18-15(3)8-14(2)9-16(18)4/h8-11,13H,5-7,12H2,1-4H3,(H,23,25). The molecule has 1 unspecified atom stereocenters. The zero-order chi connectivity index (χ0) is 18.0. The molecule has 0 spiro atoms. The number of benzene rings is 1. The van der Waals surface area contributed by atoms with E-state index < -0.39 is 0 Å². The molecule has 0 saturated carbocycles. The molecule has 0 radical (unpaired) electrons. The average Bonchev–Trinajstić information content (AvgIpc) is 2.58. The van der Waals surface area contributed by atoms with E-state index in [0.717, 1.165) is 29.9 Å². The van der Waals surface area contributed by atoms with E-state index in [4.69, 9.17) is 0 Å². The summed E-state index contributed by atoms with van der Waals surface area (Å²) in [5, 5.41) is 3.00. The monoisotopic (exact) mass is 338 g/mol. The predicted molar refractivity (Wildman–Crippen MR) is 101 cm³/mol. The van der Waals surface area contributed by atoms with Gasteiger partial charge in [0.15, 0.2) is 0 Å². The summed E-state index contributed by atoms with van der Waals surface area (Å²) >= 11 is 0. The molecule has 2 heterocycles. The molecule has 1 aromatic carbocycles. The number of hydrogen-bond acceptors (Lipinski definition) is 4. The SMILES string of the molecule is Cc1cc(C)c(NC(=O)c2cnc(N3CCCC(C)C3)nc2)c(C)c1. The Bertz CT molecular complexity index is 747. The Labute approximate surface area is 149 Å². The van der Waals surface area contributed by atoms with Gasteiger partial charge in [0.2, 0.25) is 5.95 Å². The van der Waals surface area contributed by atoms with Crippen LogP contribution in [0.1, 0.15) is 46.8 Å². The van der Waals surface area contributed by atoms with Crippen molar-refractivity contribution >= 4 is 17.5 Å². The van der Waals surface area contributed by atoms with Crippen LogP contribution in [0, 0.1) is 26.7 Å². The highest BCUT2D eigenvalue weighted by molar-refractivity contribution is 6.04. The van der Waals surface area contributed by atoms with Gasteiger partial charge in [0.05, 0.1) is 5.56 Å². The van der Waals surface area contributed by atoms with Crippen molar-refractivity contribution in [1.29, 1.82) is 0 Å².